The SMILES string of the molecule is N#Cc1ccc(C(=O)N2CCC(c3ccc(OCCCN4CCCCC4)cc3)CC2)cc1. The van der Waals surface area contributed by atoms with Crippen LogP contribution in [0.25, 0.3) is 0 Å². The minimum absolute atomic E-state index is 0.0567. The van der Waals surface area contributed by atoms with Crippen LogP contribution in [-0.4, -0.2) is 55.0 Å². The number of amides is 1. The average Bonchev–Trinajstić information content (AvgIpc) is 2.87. The van der Waals surface area contributed by atoms with E-state index in [2.05, 4.69) is 35.2 Å². The third-order valence-electron chi connectivity index (χ3n) is 6.73. The van der Waals surface area contributed by atoms with Gasteiger partial charge < -0.3 is 14.5 Å². The lowest BCUT2D eigenvalue weighted by Crippen LogP contribution is -2.37. The minimum atomic E-state index is 0.0567. The smallest absolute Gasteiger partial charge is 0.253 e. The molecule has 2 aliphatic rings. The van der Waals surface area contributed by atoms with E-state index in [0.717, 1.165) is 51.3 Å². The van der Waals surface area contributed by atoms with Crippen molar-refractivity contribution in [2.24, 2.45) is 0 Å². The van der Waals surface area contributed by atoms with E-state index in [9.17, 15) is 4.79 Å². The van der Waals surface area contributed by atoms with Crippen molar-refractivity contribution in [3.05, 3.63) is 65.2 Å². The van der Waals surface area contributed by atoms with Crippen molar-refractivity contribution >= 4 is 5.91 Å². The normalized spacial score (nSPS) is 17.7. The molecule has 0 unspecified atom stereocenters. The summed E-state index contributed by atoms with van der Waals surface area (Å²) in [5.41, 5.74) is 2.56. The van der Waals surface area contributed by atoms with Gasteiger partial charge in [0.05, 0.1) is 18.2 Å². The molecule has 0 atom stereocenters. The van der Waals surface area contributed by atoms with Gasteiger partial charge in [0.25, 0.3) is 5.91 Å². The van der Waals surface area contributed by atoms with Crippen molar-refractivity contribution in [2.75, 3.05) is 39.3 Å². The van der Waals surface area contributed by atoms with Gasteiger partial charge in [-0.25, -0.2) is 0 Å². The van der Waals surface area contributed by atoms with Gasteiger partial charge in [-0.15, -0.1) is 0 Å². The van der Waals surface area contributed by atoms with Gasteiger partial charge in [0.15, 0.2) is 0 Å². The van der Waals surface area contributed by atoms with E-state index in [1.165, 1.54) is 37.9 Å². The first kappa shape index (κ1) is 22.4. The van der Waals surface area contributed by atoms with Gasteiger partial charge in [-0.1, -0.05) is 18.6 Å². The lowest BCUT2D eigenvalue weighted by molar-refractivity contribution is 0.0713. The lowest BCUT2D eigenvalue weighted by atomic mass is 9.89. The first-order valence-corrected chi connectivity index (χ1v) is 12.0. The van der Waals surface area contributed by atoms with Crippen LogP contribution in [0.1, 0.15) is 65.9 Å². The number of benzene rings is 2. The number of hydrogen-bond donors (Lipinski definition) is 0. The molecule has 2 saturated heterocycles. The van der Waals surface area contributed by atoms with Crippen molar-refractivity contribution in [3.63, 3.8) is 0 Å². The second kappa shape index (κ2) is 11.2. The first-order valence-electron chi connectivity index (χ1n) is 12.0. The molecule has 0 saturated carbocycles. The number of nitrogens with zero attached hydrogens (tertiary/aromatic N) is 3. The molecule has 2 heterocycles. The molecule has 2 fully saturated rings. The zero-order valence-electron chi connectivity index (χ0n) is 18.8. The molecule has 5 heteroatoms. The standard InChI is InChI=1S/C27H33N3O2/c28-21-22-5-7-25(8-6-22)27(31)30-18-13-24(14-19-30)23-9-11-26(12-10-23)32-20-4-17-29-15-2-1-3-16-29/h5-12,24H,1-4,13-20H2. The summed E-state index contributed by atoms with van der Waals surface area (Å²) in [6, 6.07) is 17.5. The molecule has 1 amide bonds. The number of likely N-dealkylation sites (tertiary alicyclic amines) is 2. The summed E-state index contributed by atoms with van der Waals surface area (Å²) in [5.74, 6) is 1.48. The van der Waals surface area contributed by atoms with E-state index in [0.29, 0.717) is 17.0 Å². The predicted octanol–water partition coefficient (Wildman–Crippen LogP) is 4.83. The number of piperidine rings is 2. The molecular weight excluding hydrogens is 398 g/mol. The summed E-state index contributed by atoms with van der Waals surface area (Å²) < 4.78 is 5.95. The van der Waals surface area contributed by atoms with E-state index in [1.54, 1.807) is 24.3 Å². The van der Waals surface area contributed by atoms with E-state index < -0.39 is 0 Å². The Hall–Kier alpha value is -2.84. The van der Waals surface area contributed by atoms with E-state index in [4.69, 9.17) is 10.00 Å². The summed E-state index contributed by atoms with van der Waals surface area (Å²) in [7, 11) is 0. The largest absolute Gasteiger partial charge is 0.494 e. The number of carbonyl (C=O) groups is 1. The highest BCUT2D eigenvalue weighted by Gasteiger charge is 2.24. The van der Waals surface area contributed by atoms with Crippen LogP contribution in [-0.2, 0) is 0 Å². The van der Waals surface area contributed by atoms with E-state index >= 15 is 0 Å². The lowest BCUT2D eigenvalue weighted by Gasteiger charge is -2.32. The third kappa shape index (κ3) is 5.89. The Morgan fingerprint density at radius 2 is 1.62 bits per heavy atom. The van der Waals surface area contributed by atoms with Crippen molar-refractivity contribution in [1.29, 1.82) is 5.26 Å². The average molecular weight is 432 g/mol. The Morgan fingerprint density at radius 1 is 0.938 bits per heavy atom. The quantitative estimate of drug-likeness (QED) is 0.589. The number of hydrogen-bond acceptors (Lipinski definition) is 4. The molecule has 0 bridgehead atoms. The maximum absolute atomic E-state index is 12.7. The molecule has 4 rings (SSSR count). The van der Waals surface area contributed by atoms with E-state index in [-0.39, 0.29) is 5.91 Å². The summed E-state index contributed by atoms with van der Waals surface area (Å²) >= 11 is 0. The van der Waals surface area contributed by atoms with E-state index in [1.807, 2.05) is 4.90 Å². The molecule has 0 radical (unpaired) electrons. The van der Waals surface area contributed by atoms with Crippen LogP contribution in [0.4, 0.5) is 0 Å². The van der Waals surface area contributed by atoms with Crippen molar-refractivity contribution in [2.45, 2.75) is 44.4 Å². The van der Waals surface area contributed by atoms with Crippen LogP contribution in [0.15, 0.2) is 48.5 Å². The fraction of sp³-hybridized carbons (Fsp3) is 0.481. The highest BCUT2D eigenvalue weighted by molar-refractivity contribution is 5.94. The first-order chi connectivity index (χ1) is 15.7. The molecule has 0 N–H and O–H groups in total. The summed E-state index contributed by atoms with van der Waals surface area (Å²) in [4.78, 5) is 17.2. The number of nitriles is 1. The molecule has 5 nitrogen and oxygen atoms in total. The third-order valence-corrected chi connectivity index (χ3v) is 6.73. The number of ether oxygens (including phenoxy) is 1. The Morgan fingerprint density at radius 3 is 2.28 bits per heavy atom. The van der Waals surface area contributed by atoms with Crippen molar-refractivity contribution in [3.8, 4) is 11.8 Å². The fourth-order valence-corrected chi connectivity index (χ4v) is 4.78. The Labute approximate surface area is 191 Å². The number of rotatable bonds is 7. The van der Waals surface area contributed by atoms with Gasteiger partial charge in [0.2, 0.25) is 0 Å². The monoisotopic (exact) mass is 431 g/mol. The van der Waals surface area contributed by atoms with Crippen LogP contribution in [0.3, 0.4) is 0 Å². The molecular formula is C27H33N3O2. The zero-order chi connectivity index (χ0) is 22.2. The summed E-state index contributed by atoms with van der Waals surface area (Å²) in [5, 5.41) is 8.92. The van der Waals surface area contributed by atoms with Gasteiger partial charge in [0.1, 0.15) is 5.75 Å². The van der Waals surface area contributed by atoms with Crippen LogP contribution >= 0.6 is 0 Å². The molecule has 2 aliphatic heterocycles. The molecule has 0 aliphatic carbocycles. The summed E-state index contributed by atoms with van der Waals surface area (Å²) in [6.45, 7) is 5.92. The highest BCUT2D eigenvalue weighted by Crippen LogP contribution is 2.30. The molecule has 0 spiro atoms. The summed E-state index contributed by atoms with van der Waals surface area (Å²) in [6.07, 6.45) is 7.07. The zero-order valence-corrected chi connectivity index (χ0v) is 18.8. The highest BCUT2D eigenvalue weighted by atomic mass is 16.5. The molecule has 0 aromatic heterocycles. The number of carbonyl (C=O) groups excluding carboxylic acids is 1. The Bertz CT molecular complexity index is 903. The van der Waals surface area contributed by atoms with Gasteiger partial charge in [-0.2, -0.15) is 5.26 Å². The maximum atomic E-state index is 12.7. The van der Waals surface area contributed by atoms with Crippen molar-refractivity contribution < 1.29 is 9.53 Å². The van der Waals surface area contributed by atoms with Gasteiger partial charge >= 0.3 is 0 Å². The van der Waals surface area contributed by atoms with Gasteiger partial charge in [-0.05, 0) is 93.1 Å². The van der Waals surface area contributed by atoms with Crippen LogP contribution in [0.5, 0.6) is 5.75 Å². The topological polar surface area (TPSA) is 56.6 Å². The fourth-order valence-electron chi connectivity index (χ4n) is 4.78. The van der Waals surface area contributed by atoms with Crippen molar-refractivity contribution in [1.82, 2.24) is 9.80 Å². The Balaban J connectivity index is 1.20. The van der Waals surface area contributed by atoms with Crippen LogP contribution in [0, 0.1) is 11.3 Å². The van der Waals surface area contributed by atoms with Crippen LogP contribution in [0.2, 0.25) is 0 Å². The minimum Gasteiger partial charge on any atom is -0.494 e. The second-order valence-electron chi connectivity index (χ2n) is 8.93. The predicted molar refractivity (Wildman–Crippen MR) is 126 cm³/mol. The molecule has 2 aromatic rings. The molecule has 32 heavy (non-hydrogen) atoms. The van der Waals surface area contributed by atoms with Crippen LogP contribution < -0.4 is 4.74 Å². The molecule has 168 valence electrons. The maximum Gasteiger partial charge on any atom is 0.253 e. The van der Waals surface area contributed by atoms with Gasteiger partial charge in [0, 0.05) is 25.2 Å². The van der Waals surface area contributed by atoms with Gasteiger partial charge in [-0.3, -0.25) is 4.79 Å². The Kier molecular flexibility index (Phi) is 7.79. The second-order valence-corrected chi connectivity index (χ2v) is 8.93. The molecule has 2 aromatic carbocycles.